The molecule has 0 spiro atoms. The molecule has 1 heterocycles. The summed E-state index contributed by atoms with van der Waals surface area (Å²) in [7, 11) is -16.4. The van der Waals surface area contributed by atoms with Gasteiger partial charge in [-0.1, -0.05) is 5.11 Å². The summed E-state index contributed by atoms with van der Waals surface area (Å²) in [5, 5.41) is 11.2. The van der Waals surface area contributed by atoms with Crippen molar-refractivity contribution >= 4 is 23.5 Å². The maximum absolute atomic E-state index is 11.6. The van der Waals surface area contributed by atoms with Crippen LogP contribution in [0.5, 0.6) is 0 Å². The van der Waals surface area contributed by atoms with E-state index in [9.17, 15) is 18.6 Å². The Bertz CT molecular complexity index is 619. The molecule has 23 heavy (non-hydrogen) atoms. The molecule has 1 rings (SSSR count). The molecule has 1 aliphatic rings. The van der Waals surface area contributed by atoms with Crippen molar-refractivity contribution in [3.8, 4) is 0 Å². The Morgan fingerprint density at radius 3 is 2.26 bits per heavy atom. The summed E-state index contributed by atoms with van der Waals surface area (Å²) in [6, 6.07) is -1.03. The Hall–Kier alpha value is -0.360. The second-order valence-electron chi connectivity index (χ2n) is 4.08. The van der Waals surface area contributed by atoms with Crippen molar-refractivity contribution in [3.63, 3.8) is 0 Å². The summed E-state index contributed by atoms with van der Waals surface area (Å²) in [6.45, 7) is 1.53. The van der Waals surface area contributed by atoms with Crippen molar-refractivity contribution in [2.75, 3.05) is 0 Å². The molecule has 0 aromatic rings. The van der Waals surface area contributed by atoms with Crippen LogP contribution in [0.3, 0.4) is 0 Å². The number of ether oxygens (including phenoxy) is 1. The lowest BCUT2D eigenvalue weighted by Gasteiger charge is -2.20. The van der Waals surface area contributed by atoms with Crippen LogP contribution in [0.2, 0.25) is 0 Å². The number of azide groups is 1. The Labute approximate surface area is 128 Å². The Balaban J connectivity index is 2.79. The molecule has 134 valence electrons. The summed E-state index contributed by atoms with van der Waals surface area (Å²) in [6.07, 6.45) is -1.97. The van der Waals surface area contributed by atoms with Crippen molar-refractivity contribution in [1.29, 1.82) is 0 Å². The van der Waals surface area contributed by atoms with Gasteiger partial charge in [0, 0.05) is 4.91 Å². The van der Waals surface area contributed by atoms with Gasteiger partial charge in [-0.3, -0.25) is 4.52 Å². The van der Waals surface area contributed by atoms with Gasteiger partial charge in [0.25, 0.3) is 0 Å². The highest BCUT2D eigenvalue weighted by molar-refractivity contribution is 7.66. The van der Waals surface area contributed by atoms with E-state index in [0.29, 0.717) is 0 Å². The first kappa shape index (κ1) is 20.7. The highest BCUT2D eigenvalue weighted by Gasteiger charge is 2.46. The summed E-state index contributed by atoms with van der Waals surface area (Å²) in [4.78, 5) is 29.5. The molecule has 0 radical (unpaired) electrons. The van der Waals surface area contributed by atoms with Gasteiger partial charge in [-0.2, -0.15) is 8.62 Å². The molecule has 15 nitrogen and oxygen atoms in total. The second-order valence-corrected chi connectivity index (χ2v) is 8.57. The zero-order valence-electron chi connectivity index (χ0n) is 11.2. The normalized spacial score (nSPS) is 32.3. The fourth-order valence-electron chi connectivity index (χ4n) is 1.53. The summed E-state index contributed by atoms with van der Waals surface area (Å²) in [5.41, 5.74) is 8.35. The summed E-state index contributed by atoms with van der Waals surface area (Å²) >= 11 is 0. The zero-order valence-corrected chi connectivity index (χ0v) is 13.9. The van der Waals surface area contributed by atoms with Crippen molar-refractivity contribution in [2.45, 2.75) is 31.8 Å². The molecule has 0 aromatic carbocycles. The number of hydrogen-bond acceptors (Lipinski definition) is 10. The number of rotatable bonds is 8. The third kappa shape index (κ3) is 6.96. The predicted molar refractivity (Wildman–Crippen MR) is 68.3 cm³/mol. The minimum absolute atomic E-state index is 0.131. The minimum atomic E-state index is -5.65. The average molecular weight is 399 g/mol. The average Bonchev–Trinajstić information content (AvgIpc) is 2.66. The number of phosphoric acid groups is 3. The highest BCUT2D eigenvalue weighted by atomic mass is 31.3. The van der Waals surface area contributed by atoms with E-state index in [4.69, 9.17) is 25.3 Å². The third-order valence-corrected chi connectivity index (χ3v) is 6.19. The van der Waals surface area contributed by atoms with Gasteiger partial charge in [-0.15, -0.1) is 4.67 Å². The van der Waals surface area contributed by atoms with E-state index in [1.165, 1.54) is 6.92 Å². The van der Waals surface area contributed by atoms with Crippen LogP contribution in [-0.2, 0) is 36.3 Å². The van der Waals surface area contributed by atoms with E-state index in [1.807, 2.05) is 0 Å². The van der Waals surface area contributed by atoms with Gasteiger partial charge >= 0.3 is 23.5 Å². The largest absolute Gasteiger partial charge is 0.508 e. The molecular formula is C5H12N3O12P3. The molecular weight excluding hydrogens is 387 g/mol. The van der Waals surface area contributed by atoms with E-state index in [2.05, 4.69) is 27.8 Å². The maximum atomic E-state index is 11.6. The van der Waals surface area contributed by atoms with E-state index in [-0.39, 0.29) is 6.42 Å². The quantitative estimate of drug-likeness (QED) is 0.114. The van der Waals surface area contributed by atoms with Gasteiger partial charge in [-0.25, -0.2) is 19.0 Å². The standard InChI is InChI=1S/C5H12N3O12P3/c1-3-2-4(7-8-6)5(16-3)17-21(10,11)19-23(14,15)20-22(12,13)18-9/h3-5,9H,2H2,1H3,(H,10,11)(H,12,13)(H,14,15)/t3-,4?,5+/m0/s1. The fourth-order valence-corrected chi connectivity index (χ4v) is 4.73. The topological polar surface area (TPSA) is 227 Å². The van der Waals surface area contributed by atoms with Crippen LogP contribution in [0.25, 0.3) is 10.4 Å². The van der Waals surface area contributed by atoms with Crippen molar-refractivity contribution in [3.05, 3.63) is 10.4 Å². The lowest BCUT2D eigenvalue weighted by molar-refractivity contribution is -0.157. The molecule has 1 aliphatic heterocycles. The molecule has 0 amide bonds. The molecule has 18 heteroatoms. The van der Waals surface area contributed by atoms with Crippen molar-refractivity contribution in [2.24, 2.45) is 5.11 Å². The number of phosphoric ester groups is 1. The van der Waals surface area contributed by atoms with Crippen LogP contribution in [0, 0.1) is 0 Å². The monoisotopic (exact) mass is 399 g/mol. The SMILES string of the molecule is C[C@H]1CC(N=[N+]=[N-])[C@@H](OP(=O)(O)OP(=O)(O)OP(=O)(O)OO)O1. The molecule has 0 aliphatic carbocycles. The van der Waals surface area contributed by atoms with Gasteiger partial charge < -0.3 is 19.4 Å². The van der Waals surface area contributed by atoms with E-state index in [0.717, 1.165) is 0 Å². The summed E-state index contributed by atoms with van der Waals surface area (Å²) < 4.78 is 53.2. The van der Waals surface area contributed by atoms with Crippen LogP contribution in [0.4, 0.5) is 0 Å². The Morgan fingerprint density at radius 2 is 1.74 bits per heavy atom. The number of hydrogen-bond donors (Lipinski definition) is 4. The van der Waals surface area contributed by atoms with Gasteiger partial charge in [0.15, 0.2) is 6.29 Å². The third-order valence-electron chi connectivity index (χ3n) is 2.21. The van der Waals surface area contributed by atoms with Gasteiger partial charge in [0.05, 0.1) is 12.1 Å². The van der Waals surface area contributed by atoms with Crippen LogP contribution in [0.15, 0.2) is 5.11 Å². The van der Waals surface area contributed by atoms with E-state index in [1.54, 1.807) is 0 Å². The molecule has 1 fully saturated rings. The number of nitrogens with zero attached hydrogens (tertiary/aromatic N) is 3. The second kappa shape index (κ2) is 7.68. The Morgan fingerprint density at radius 1 is 1.17 bits per heavy atom. The molecule has 4 unspecified atom stereocenters. The van der Waals surface area contributed by atoms with E-state index < -0.39 is 41.9 Å². The van der Waals surface area contributed by atoms with Gasteiger partial charge in [-0.05, 0) is 18.9 Å². The maximum Gasteiger partial charge on any atom is 0.508 e. The molecule has 1 saturated heterocycles. The zero-order chi connectivity index (χ0) is 17.9. The van der Waals surface area contributed by atoms with E-state index >= 15 is 0 Å². The van der Waals surface area contributed by atoms with Crippen LogP contribution in [-0.4, -0.2) is 38.4 Å². The smallest absolute Gasteiger partial charge is 0.349 e. The lowest BCUT2D eigenvalue weighted by Crippen LogP contribution is -2.21. The van der Waals surface area contributed by atoms with Crippen LogP contribution < -0.4 is 0 Å². The van der Waals surface area contributed by atoms with Crippen LogP contribution in [0.1, 0.15) is 13.3 Å². The van der Waals surface area contributed by atoms with Crippen molar-refractivity contribution in [1.82, 2.24) is 0 Å². The molecule has 6 atom stereocenters. The van der Waals surface area contributed by atoms with Crippen LogP contribution >= 0.6 is 23.5 Å². The minimum Gasteiger partial charge on any atom is -0.349 e. The fraction of sp³-hybridized carbons (Fsp3) is 1.00. The first-order chi connectivity index (χ1) is 10.4. The van der Waals surface area contributed by atoms with Gasteiger partial charge in [0.2, 0.25) is 0 Å². The Kier molecular flexibility index (Phi) is 6.91. The molecule has 0 aromatic heterocycles. The molecule has 0 bridgehead atoms. The van der Waals surface area contributed by atoms with Crippen molar-refractivity contribution < 1.29 is 56.2 Å². The first-order valence-corrected chi connectivity index (χ1v) is 10.0. The highest BCUT2D eigenvalue weighted by Crippen LogP contribution is 2.67. The van der Waals surface area contributed by atoms with Gasteiger partial charge in [0.1, 0.15) is 0 Å². The summed E-state index contributed by atoms with van der Waals surface area (Å²) in [5.74, 6) is 0. The molecule has 4 N–H and O–H groups in total. The first-order valence-electron chi connectivity index (χ1n) is 5.52. The predicted octanol–water partition coefficient (Wildman–Crippen LogP) is 1.64. The lowest BCUT2D eigenvalue weighted by atomic mass is 10.2. The molecule has 0 saturated carbocycles.